The van der Waals surface area contributed by atoms with Crippen molar-refractivity contribution in [3.05, 3.63) is 12.2 Å². The normalized spacial score (nSPS) is 13.4. The Balaban J connectivity index is 0. The third-order valence-electron chi connectivity index (χ3n) is 2.77. The molecule has 0 aromatic heterocycles. The summed E-state index contributed by atoms with van der Waals surface area (Å²) in [6.45, 7) is 4.41. The van der Waals surface area contributed by atoms with Crippen LogP contribution in [0.1, 0.15) is 39.5 Å². The van der Waals surface area contributed by atoms with Crippen LogP contribution in [0, 0.1) is 0 Å². The average Bonchev–Trinajstić information content (AvgIpc) is 2.37. The van der Waals surface area contributed by atoms with E-state index in [1.54, 1.807) is 11.8 Å². The van der Waals surface area contributed by atoms with Gasteiger partial charge < -0.3 is 20.3 Å². The zero-order valence-corrected chi connectivity index (χ0v) is 17.1. The van der Waals surface area contributed by atoms with Crippen molar-refractivity contribution in [2.24, 2.45) is 4.99 Å². The standard InChI is InChI=1S/C15H28N2O4.K/c1-3-4-5-6-7-8-14(19)16-9-10-17(11-13(2)18)12-15(20)21;/h6-7,13,18H,3-5,8-12H2,1-2H3,(H,16,19)(H,20,21);/q;+1/p-1/b7-6+;. The molecule has 6 nitrogen and oxygen atoms in total. The van der Waals surface area contributed by atoms with Gasteiger partial charge in [0, 0.05) is 13.1 Å². The van der Waals surface area contributed by atoms with Crippen molar-refractivity contribution in [2.75, 3.05) is 26.2 Å². The van der Waals surface area contributed by atoms with E-state index in [9.17, 15) is 15.0 Å². The van der Waals surface area contributed by atoms with Crippen molar-refractivity contribution < 1.29 is 71.5 Å². The third kappa shape index (κ3) is 16.6. The van der Waals surface area contributed by atoms with Crippen LogP contribution >= 0.6 is 0 Å². The number of unbranched alkanes of at least 4 members (excludes halogenated alkanes) is 2. The van der Waals surface area contributed by atoms with Gasteiger partial charge in [0.15, 0.2) is 0 Å². The number of carbonyl (C=O) groups is 1. The number of carboxylic acid groups (broad SMARTS) is 1. The fourth-order valence-corrected chi connectivity index (χ4v) is 1.80. The van der Waals surface area contributed by atoms with Crippen LogP contribution in [0.2, 0.25) is 0 Å². The van der Waals surface area contributed by atoms with E-state index in [4.69, 9.17) is 5.11 Å². The van der Waals surface area contributed by atoms with Gasteiger partial charge in [0.05, 0.1) is 19.2 Å². The van der Waals surface area contributed by atoms with E-state index >= 15 is 0 Å². The van der Waals surface area contributed by atoms with Crippen molar-refractivity contribution in [3.63, 3.8) is 0 Å². The molecule has 1 unspecified atom stereocenters. The molecular formula is C15H27KN2O4. The predicted octanol–water partition coefficient (Wildman–Crippen LogP) is -2.35. The van der Waals surface area contributed by atoms with Crippen molar-refractivity contribution >= 4 is 11.9 Å². The van der Waals surface area contributed by atoms with Crippen LogP contribution in [-0.4, -0.2) is 59.3 Å². The number of rotatable bonds is 12. The van der Waals surface area contributed by atoms with E-state index in [1.165, 1.54) is 0 Å². The first-order chi connectivity index (χ1) is 9.95. The van der Waals surface area contributed by atoms with E-state index in [1.807, 2.05) is 12.2 Å². The van der Waals surface area contributed by atoms with Crippen molar-refractivity contribution in [2.45, 2.75) is 45.6 Å². The summed E-state index contributed by atoms with van der Waals surface area (Å²) in [6.07, 6.45) is 6.72. The Labute approximate surface area is 175 Å². The molecule has 0 aliphatic heterocycles. The van der Waals surface area contributed by atoms with Gasteiger partial charge in [-0.25, -0.2) is 0 Å². The molecule has 7 heteroatoms. The van der Waals surface area contributed by atoms with Crippen LogP contribution in [-0.2, 0) is 4.79 Å². The summed E-state index contributed by atoms with van der Waals surface area (Å²) in [5.74, 6) is -1.16. The number of carboxylic acids is 1. The average molecular weight is 338 g/mol. The first-order valence-electron chi connectivity index (χ1n) is 7.43. The number of hydrogen-bond donors (Lipinski definition) is 2. The molecule has 0 aliphatic carbocycles. The monoisotopic (exact) mass is 338 g/mol. The van der Waals surface area contributed by atoms with Gasteiger partial charge in [-0.1, -0.05) is 31.9 Å². The molecular weight excluding hydrogens is 311 g/mol. The molecule has 0 spiro atoms. The molecule has 122 valence electrons. The fourth-order valence-electron chi connectivity index (χ4n) is 1.80. The molecule has 0 bridgehead atoms. The Kier molecular flexibility index (Phi) is 17.9. The maximum atomic E-state index is 11.5. The molecule has 0 heterocycles. The third-order valence-corrected chi connectivity index (χ3v) is 2.77. The van der Waals surface area contributed by atoms with Crippen molar-refractivity contribution in [1.82, 2.24) is 4.90 Å². The van der Waals surface area contributed by atoms with Gasteiger partial charge in [-0.05, 0) is 25.7 Å². The topological polar surface area (TPSA) is 96.2 Å². The maximum absolute atomic E-state index is 11.5. The summed E-state index contributed by atoms with van der Waals surface area (Å²) in [7, 11) is 0. The van der Waals surface area contributed by atoms with Crippen molar-refractivity contribution in [3.8, 4) is 0 Å². The van der Waals surface area contributed by atoms with E-state index in [0.717, 1.165) is 19.3 Å². The quantitative estimate of drug-likeness (QED) is 0.137. The van der Waals surface area contributed by atoms with E-state index < -0.39 is 12.1 Å². The molecule has 0 rings (SSSR count). The van der Waals surface area contributed by atoms with Gasteiger partial charge >= 0.3 is 57.4 Å². The van der Waals surface area contributed by atoms with E-state index in [0.29, 0.717) is 13.0 Å². The van der Waals surface area contributed by atoms with Gasteiger partial charge in [-0.2, -0.15) is 0 Å². The summed E-state index contributed by atoms with van der Waals surface area (Å²) >= 11 is 0. The number of aliphatic hydroxyl groups is 1. The van der Waals surface area contributed by atoms with E-state index in [-0.39, 0.29) is 76.9 Å². The second kappa shape index (κ2) is 16.1. The molecule has 0 amide bonds. The molecule has 1 atom stereocenters. The summed E-state index contributed by atoms with van der Waals surface area (Å²) in [4.78, 5) is 16.1. The van der Waals surface area contributed by atoms with Crippen LogP contribution in [0.25, 0.3) is 0 Å². The molecule has 2 N–H and O–H groups in total. The van der Waals surface area contributed by atoms with Crippen LogP contribution in [0.3, 0.4) is 0 Å². The molecule has 0 aliphatic rings. The van der Waals surface area contributed by atoms with Gasteiger partial charge in [0.1, 0.15) is 0 Å². The Morgan fingerprint density at radius 3 is 2.64 bits per heavy atom. The summed E-state index contributed by atoms with van der Waals surface area (Å²) in [6, 6.07) is 0. The second-order valence-electron chi connectivity index (χ2n) is 5.07. The van der Waals surface area contributed by atoms with Crippen LogP contribution < -0.4 is 56.5 Å². The molecule has 22 heavy (non-hydrogen) atoms. The van der Waals surface area contributed by atoms with Crippen LogP contribution in [0.5, 0.6) is 0 Å². The Hall–Kier alpha value is 0.236. The van der Waals surface area contributed by atoms with E-state index in [2.05, 4.69) is 11.9 Å². The summed E-state index contributed by atoms with van der Waals surface area (Å²) in [5, 5.41) is 29.6. The number of aliphatic imine (C=N–C) groups is 1. The molecule has 0 saturated heterocycles. The first kappa shape index (κ1) is 24.5. The molecule has 0 radical (unpaired) electrons. The van der Waals surface area contributed by atoms with Crippen molar-refractivity contribution in [1.29, 1.82) is 0 Å². The summed E-state index contributed by atoms with van der Waals surface area (Å²) in [5.41, 5.74) is 0. The van der Waals surface area contributed by atoms with Crippen LogP contribution in [0.15, 0.2) is 17.1 Å². The van der Waals surface area contributed by atoms with Gasteiger partial charge in [-0.15, -0.1) is 0 Å². The molecule has 0 fully saturated rings. The Morgan fingerprint density at radius 1 is 1.41 bits per heavy atom. The van der Waals surface area contributed by atoms with Gasteiger partial charge in [0.25, 0.3) is 0 Å². The number of aliphatic carboxylic acids is 1. The minimum atomic E-state index is -0.958. The largest absolute Gasteiger partial charge is 1.00 e. The fraction of sp³-hybridized carbons (Fsp3) is 0.733. The SMILES string of the molecule is CCCC/C=C/CC([O-])=NCCN(CC(=O)O)CC(C)O.[K+]. The van der Waals surface area contributed by atoms with Gasteiger partial charge in [0.2, 0.25) is 0 Å². The predicted molar refractivity (Wildman–Crippen MR) is 81.3 cm³/mol. The minimum absolute atomic E-state index is 0. The number of aliphatic hydroxyl groups excluding tert-OH is 1. The number of hydrogen-bond acceptors (Lipinski definition) is 5. The first-order valence-corrected chi connectivity index (χ1v) is 7.43. The Bertz CT molecular complexity index is 346. The smallest absolute Gasteiger partial charge is 0.862 e. The van der Waals surface area contributed by atoms with Gasteiger partial charge in [-0.3, -0.25) is 9.69 Å². The summed E-state index contributed by atoms with van der Waals surface area (Å²) < 4.78 is 0. The zero-order chi connectivity index (χ0) is 16.1. The minimum Gasteiger partial charge on any atom is -0.862 e. The molecule has 0 aromatic carbocycles. The number of allylic oxidation sites excluding steroid dienone is 1. The van der Waals surface area contributed by atoms with Crippen LogP contribution in [0.4, 0.5) is 0 Å². The molecule has 0 saturated carbocycles. The molecule has 0 aromatic rings. The zero-order valence-electron chi connectivity index (χ0n) is 14.0. The second-order valence-corrected chi connectivity index (χ2v) is 5.07. The maximum Gasteiger partial charge on any atom is 1.00 e. The Morgan fingerprint density at radius 2 is 2.09 bits per heavy atom. The number of nitrogens with zero attached hydrogens (tertiary/aromatic N) is 2.